The highest BCUT2D eigenvalue weighted by molar-refractivity contribution is 7.44. The maximum absolute atomic E-state index is 13.5. The first-order valence-corrected chi connectivity index (χ1v) is 21.4. The van der Waals surface area contributed by atoms with Gasteiger partial charge >= 0.3 is 17.8 Å². The Hall–Kier alpha value is -5.12. The maximum Gasteiger partial charge on any atom is 0.471 e. The van der Waals surface area contributed by atoms with E-state index in [9.17, 15) is 27.6 Å². The van der Waals surface area contributed by atoms with Crippen LogP contribution in [-0.4, -0.2) is 104 Å². The molecule has 5 rings (SSSR count). The molecular weight excluding hydrogens is 846 g/mol. The number of H-pyrrole nitrogens is 1. The molecule has 15 nitrogen and oxygen atoms in total. The van der Waals surface area contributed by atoms with E-state index in [-0.39, 0.29) is 51.4 Å². The maximum atomic E-state index is 13.5. The van der Waals surface area contributed by atoms with Crippen molar-refractivity contribution in [2.45, 2.75) is 82.5 Å². The second-order valence-electron chi connectivity index (χ2n) is 14.9. The first kappa shape index (κ1) is 48.9. The number of nitrogens with one attached hydrogen (secondary N) is 2. The lowest BCUT2D eigenvalue weighted by Gasteiger charge is -2.39. The Morgan fingerprint density at radius 2 is 1.48 bits per heavy atom. The second kappa shape index (κ2) is 22.5. The number of aromatic amines is 1. The van der Waals surface area contributed by atoms with E-state index in [2.05, 4.69) is 9.83 Å². The van der Waals surface area contributed by atoms with Crippen molar-refractivity contribution in [2.24, 2.45) is 0 Å². The number of hydrogen-bond acceptors (Lipinski definition) is 11. The highest BCUT2D eigenvalue weighted by Gasteiger charge is 2.51. The Labute approximate surface area is 365 Å². The predicted molar refractivity (Wildman–Crippen MR) is 228 cm³/mol. The summed E-state index contributed by atoms with van der Waals surface area (Å²) >= 11 is 0. The molecule has 5 atom stereocenters. The number of benzene rings is 3. The van der Waals surface area contributed by atoms with Crippen LogP contribution in [0, 0.1) is 6.57 Å². The minimum absolute atomic E-state index is 0.0270. The fourth-order valence-corrected chi connectivity index (χ4v) is 9.03. The Morgan fingerprint density at radius 3 is 2.00 bits per heavy atom. The van der Waals surface area contributed by atoms with Crippen LogP contribution < -0.4 is 26.0 Å². The average Bonchev–Trinajstić information content (AvgIpc) is 3.59. The third kappa shape index (κ3) is 12.1. The van der Waals surface area contributed by atoms with Crippen LogP contribution in [0.1, 0.15) is 57.0 Å². The van der Waals surface area contributed by atoms with Gasteiger partial charge < -0.3 is 42.9 Å². The highest BCUT2D eigenvalue weighted by Crippen LogP contribution is 2.51. The number of hydrogen-bond donors (Lipinski definition) is 2. The predicted octanol–water partition coefficient (Wildman–Crippen LogP) is 6.58. The van der Waals surface area contributed by atoms with E-state index in [1.165, 1.54) is 6.20 Å². The first-order chi connectivity index (χ1) is 30.1. The molecule has 2 unspecified atom stereocenters. The Bertz CT molecular complexity index is 2160. The van der Waals surface area contributed by atoms with Crippen molar-refractivity contribution < 1.29 is 50.7 Å². The number of rotatable bonds is 22. The molecule has 63 heavy (non-hydrogen) atoms. The van der Waals surface area contributed by atoms with Crippen LogP contribution in [-0.2, 0) is 33.7 Å². The van der Waals surface area contributed by atoms with Gasteiger partial charge in [0.25, 0.3) is 14.1 Å². The molecule has 3 aromatic carbocycles. The van der Waals surface area contributed by atoms with Gasteiger partial charge in [-0.2, -0.15) is 13.2 Å². The highest BCUT2D eigenvalue weighted by atomic mass is 31.2. The summed E-state index contributed by atoms with van der Waals surface area (Å²) in [5.74, 6) is -0.869. The smallest absolute Gasteiger partial charge is 0.471 e. The molecule has 0 radical (unpaired) electrons. The second-order valence-corrected chi connectivity index (χ2v) is 16.3. The zero-order valence-corrected chi connectivity index (χ0v) is 36.8. The molecule has 1 amide bonds. The SMILES string of the molecule is [C-]#[N+]CCOP(OC1[C@@H](COC(c2ccccc2)(c2ccc(OC)cc2)c2ccc(OC)cc2)O[C@@H](n2ccc(=O)[nH]c2=O)[C@H]1OCCCNC(=O)C(F)(F)F)N(C(C)C)C(C)C. The summed E-state index contributed by atoms with van der Waals surface area (Å²) in [6, 6.07) is 25.2. The van der Waals surface area contributed by atoms with E-state index in [4.69, 9.17) is 39.3 Å². The van der Waals surface area contributed by atoms with Gasteiger partial charge in [-0.15, -0.1) is 0 Å². The average molecular weight is 900 g/mol. The minimum atomic E-state index is -5.07. The fourth-order valence-electron chi connectivity index (χ4n) is 7.27. The van der Waals surface area contributed by atoms with Crippen LogP contribution in [0.15, 0.2) is 101 Å². The number of ether oxygens (including phenoxy) is 5. The summed E-state index contributed by atoms with van der Waals surface area (Å²) in [7, 11) is 1.15. The van der Waals surface area contributed by atoms with Gasteiger partial charge in [0, 0.05) is 37.5 Å². The van der Waals surface area contributed by atoms with E-state index in [1.807, 2.05) is 117 Å². The molecule has 2 heterocycles. The van der Waals surface area contributed by atoms with Gasteiger partial charge in [-0.3, -0.25) is 19.1 Å². The van der Waals surface area contributed by atoms with Crippen LogP contribution in [0.5, 0.6) is 11.5 Å². The number of methoxy groups -OCH3 is 2. The van der Waals surface area contributed by atoms with Crippen molar-refractivity contribution in [1.29, 1.82) is 0 Å². The fraction of sp³-hybridized carbons (Fsp3) is 0.455. The largest absolute Gasteiger partial charge is 0.497 e. The molecule has 340 valence electrons. The third-order valence-electron chi connectivity index (χ3n) is 10.1. The number of aromatic nitrogens is 2. The van der Waals surface area contributed by atoms with E-state index in [0.29, 0.717) is 22.6 Å². The van der Waals surface area contributed by atoms with Crippen molar-refractivity contribution in [1.82, 2.24) is 19.5 Å². The molecule has 4 aromatic rings. The lowest BCUT2D eigenvalue weighted by Crippen LogP contribution is -2.44. The lowest BCUT2D eigenvalue weighted by atomic mass is 9.80. The number of alkyl halides is 3. The number of carbonyl (C=O) groups excluding carboxylic acids is 1. The van der Waals surface area contributed by atoms with Crippen LogP contribution in [0.2, 0.25) is 0 Å². The molecule has 0 aliphatic carbocycles. The quantitative estimate of drug-likeness (QED) is 0.0381. The van der Waals surface area contributed by atoms with Gasteiger partial charge in [-0.1, -0.05) is 54.6 Å². The first-order valence-electron chi connectivity index (χ1n) is 20.3. The van der Waals surface area contributed by atoms with Crippen molar-refractivity contribution in [2.75, 3.05) is 47.1 Å². The van der Waals surface area contributed by atoms with Gasteiger partial charge in [0.05, 0.1) is 20.8 Å². The van der Waals surface area contributed by atoms with Crippen molar-refractivity contribution in [3.63, 3.8) is 0 Å². The zero-order valence-electron chi connectivity index (χ0n) is 35.9. The number of halogens is 3. The molecule has 1 aliphatic rings. The van der Waals surface area contributed by atoms with Crippen molar-refractivity contribution in [3.05, 3.63) is 140 Å². The molecule has 19 heteroatoms. The molecular formula is C44H53F3N5O10P. The molecule has 0 saturated carbocycles. The Balaban J connectivity index is 1.65. The van der Waals surface area contributed by atoms with E-state index in [0.717, 1.165) is 16.2 Å². The summed E-state index contributed by atoms with van der Waals surface area (Å²) < 4.78 is 86.7. The van der Waals surface area contributed by atoms with Crippen LogP contribution >= 0.6 is 8.53 Å². The summed E-state index contributed by atoms with van der Waals surface area (Å²) in [4.78, 5) is 43.0. The molecule has 0 bridgehead atoms. The van der Waals surface area contributed by atoms with Crippen LogP contribution in [0.25, 0.3) is 4.85 Å². The van der Waals surface area contributed by atoms with Gasteiger partial charge in [-0.25, -0.2) is 16.0 Å². The molecule has 1 aromatic heterocycles. The minimum Gasteiger partial charge on any atom is -0.497 e. The third-order valence-corrected chi connectivity index (χ3v) is 12.2. The monoisotopic (exact) mass is 899 g/mol. The van der Waals surface area contributed by atoms with E-state index in [1.54, 1.807) is 14.2 Å². The van der Waals surface area contributed by atoms with E-state index < -0.39 is 62.0 Å². The zero-order chi connectivity index (χ0) is 45.7. The van der Waals surface area contributed by atoms with Crippen LogP contribution in [0.4, 0.5) is 13.2 Å². The van der Waals surface area contributed by atoms with Crippen molar-refractivity contribution >= 4 is 14.4 Å². The Morgan fingerprint density at radius 1 is 0.889 bits per heavy atom. The van der Waals surface area contributed by atoms with E-state index >= 15 is 0 Å². The molecule has 1 fully saturated rings. The topological polar surface area (TPSA) is 156 Å². The molecule has 0 spiro atoms. The number of carbonyl (C=O) groups is 1. The standard InChI is InChI=1S/C44H53F3N5O10P/c1-29(2)52(30(3)4)63(60-27-24-48-5)62-38-36(61-40(51-25-22-37(53)50-42(51)55)39(38)58-26-11-23-49-41(54)44(45,46)47)28-59-43(31-12-9-8-10-13-31,32-14-18-34(56-6)19-15-32)33-16-20-35(57-7)21-17-33/h8-10,12-22,25,29-30,36,38-40H,11,23-24,26-28H2,1-4,6-7H3,(H,49,54)(H,50,53,55)/t36-,38?,39+,40-,63?/m1/s1. The van der Waals surface area contributed by atoms with Crippen molar-refractivity contribution in [3.8, 4) is 11.5 Å². The summed E-state index contributed by atoms with van der Waals surface area (Å²) in [5.41, 5.74) is -0.635. The van der Waals surface area contributed by atoms with Gasteiger partial charge in [0.2, 0.25) is 6.54 Å². The van der Waals surface area contributed by atoms with Crippen LogP contribution in [0.3, 0.4) is 0 Å². The Kier molecular flexibility index (Phi) is 17.5. The van der Waals surface area contributed by atoms with Gasteiger partial charge in [-0.05, 0) is 75.1 Å². The molecule has 1 saturated heterocycles. The number of nitrogens with zero attached hydrogens (tertiary/aromatic N) is 3. The van der Waals surface area contributed by atoms with Gasteiger partial charge in [0.1, 0.15) is 42.0 Å². The normalized spacial score (nSPS) is 18.4. The summed E-state index contributed by atoms with van der Waals surface area (Å²) in [5, 5.41) is 1.84. The summed E-state index contributed by atoms with van der Waals surface area (Å²) in [6.07, 6.45) is -8.51. The molecule has 1 aliphatic heterocycles. The van der Waals surface area contributed by atoms with Gasteiger partial charge in [0.15, 0.2) is 6.23 Å². The number of amides is 1. The molecule has 2 N–H and O–H groups in total. The lowest BCUT2D eigenvalue weighted by molar-refractivity contribution is -0.173. The summed E-state index contributed by atoms with van der Waals surface area (Å²) in [6.45, 7) is 14.5.